The second-order valence-corrected chi connectivity index (χ2v) is 22.4. The van der Waals surface area contributed by atoms with Gasteiger partial charge in [0.15, 0.2) is 0 Å². The van der Waals surface area contributed by atoms with E-state index in [1.165, 1.54) is 153 Å². The summed E-state index contributed by atoms with van der Waals surface area (Å²) in [7, 11) is 0. The van der Waals surface area contributed by atoms with Gasteiger partial charge < -0.3 is 0 Å². The number of fused-ring (bicyclic) bond motifs is 12. The van der Waals surface area contributed by atoms with Gasteiger partial charge in [-0.1, -0.05) is 217 Å². The molecule has 0 saturated heterocycles. The Bertz CT molecular complexity index is 4260. The standard InChI is InChI=1S/C69H50/c1-67(2,3)47-36-44-20-18-42-34-46(35-43-19-21-45(37-47)63(44)62(42)43)48-14-11-15-55-50(48)31-32-56-53-28-25-41(38-61(53)69(66(55)56)59-16-9-7-12-51(59)52-13-8-10-17-60(52)69)49-27-22-39-24-30-57-58(68(4,5)6)33-26-40-23-29-54(49)64(39)65(40)57/h7-38H,1-6H3. The molecule has 0 atom stereocenters. The number of hydrogen-bond acceptors (Lipinski definition) is 0. The quantitative estimate of drug-likeness (QED) is 0.152. The lowest BCUT2D eigenvalue weighted by molar-refractivity contribution is 0.591. The minimum Gasteiger partial charge on any atom is -0.0619 e. The molecular weight excluding hydrogens is 829 g/mol. The largest absolute Gasteiger partial charge is 0.0731 e. The van der Waals surface area contributed by atoms with Gasteiger partial charge in [0, 0.05) is 0 Å². The van der Waals surface area contributed by atoms with Crippen molar-refractivity contribution < 1.29 is 0 Å². The average Bonchev–Trinajstić information content (AvgIpc) is 3.83. The van der Waals surface area contributed by atoms with E-state index in [0.29, 0.717) is 0 Å². The maximum atomic E-state index is 2.57. The molecule has 13 aromatic rings. The number of hydrogen-bond donors (Lipinski definition) is 0. The summed E-state index contributed by atoms with van der Waals surface area (Å²) in [6, 6.07) is 75.7. The van der Waals surface area contributed by atoms with Crippen LogP contribution in [0.2, 0.25) is 0 Å². The molecule has 0 amide bonds. The monoisotopic (exact) mass is 878 g/mol. The van der Waals surface area contributed by atoms with Gasteiger partial charge in [-0.25, -0.2) is 0 Å². The fourth-order valence-corrected chi connectivity index (χ4v) is 13.6. The third-order valence-corrected chi connectivity index (χ3v) is 16.6. The molecule has 15 rings (SSSR count). The van der Waals surface area contributed by atoms with E-state index in [1.807, 2.05) is 0 Å². The zero-order valence-corrected chi connectivity index (χ0v) is 40.0. The Morgan fingerprint density at radius 2 is 0.783 bits per heavy atom. The van der Waals surface area contributed by atoms with Crippen LogP contribution in [0.25, 0.3) is 120 Å². The van der Waals surface area contributed by atoms with Crippen molar-refractivity contribution in [2.24, 2.45) is 0 Å². The molecule has 326 valence electrons. The van der Waals surface area contributed by atoms with Gasteiger partial charge in [0.2, 0.25) is 0 Å². The molecule has 2 aliphatic carbocycles. The van der Waals surface area contributed by atoms with Crippen molar-refractivity contribution in [3.05, 3.63) is 228 Å². The maximum Gasteiger partial charge on any atom is 0.0731 e. The van der Waals surface area contributed by atoms with Crippen LogP contribution in [0.3, 0.4) is 0 Å². The van der Waals surface area contributed by atoms with E-state index in [9.17, 15) is 0 Å². The Morgan fingerprint density at radius 1 is 0.290 bits per heavy atom. The van der Waals surface area contributed by atoms with Crippen LogP contribution in [0.1, 0.15) is 74.9 Å². The van der Waals surface area contributed by atoms with Crippen LogP contribution in [0, 0.1) is 0 Å². The smallest absolute Gasteiger partial charge is 0.0619 e. The fraction of sp³-hybridized carbons (Fsp3) is 0.130. The van der Waals surface area contributed by atoms with Crippen LogP contribution in [0.4, 0.5) is 0 Å². The Morgan fingerprint density at radius 3 is 1.43 bits per heavy atom. The molecule has 0 N–H and O–H groups in total. The lowest BCUT2D eigenvalue weighted by Crippen LogP contribution is -2.26. The molecule has 69 heavy (non-hydrogen) atoms. The normalized spacial score (nSPS) is 14.1. The third kappa shape index (κ3) is 5.09. The Hall–Kier alpha value is -7.80. The Labute approximate surface area is 403 Å². The first-order chi connectivity index (χ1) is 33.5. The van der Waals surface area contributed by atoms with Gasteiger partial charge in [0.05, 0.1) is 5.41 Å². The zero-order chi connectivity index (χ0) is 46.3. The van der Waals surface area contributed by atoms with E-state index < -0.39 is 5.41 Å². The van der Waals surface area contributed by atoms with Crippen molar-refractivity contribution in [1.29, 1.82) is 0 Å². The molecule has 0 unspecified atom stereocenters. The first kappa shape index (κ1) is 39.2. The minimum absolute atomic E-state index is 0.0346. The molecule has 0 bridgehead atoms. The highest BCUT2D eigenvalue weighted by molar-refractivity contribution is 6.27. The molecule has 13 aromatic carbocycles. The maximum absolute atomic E-state index is 2.57. The third-order valence-electron chi connectivity index (χ3n) is 16.6. The Balaban J connectivity index is 0.974. The van der Waals surface area contributed by atoms with E-state index >= 15 is 0 Å². The van der Waals surface area contributed by atoms with E-state index in [-0.39, 0.29) is 10.8 Å². The number of benzene rings is 13. The van der Waals surface area contributed by atoms with Gasteiger partial charge in [-0.15, -0.1) is 0 Å². The predicted octanol–water partition coefficient (Wildman–Crippen LogP) is 18.9. The molecular formula is C69H50. The summed E-state index contributed by atoms with van der Waals surface area (Å²) in [5.74, 6) is 0. The molecule has 0 saturated carbocycles. The second-order valence-electron chi connectivity index (χ2n) is 22.4. The van der Waals surface area contributed by atoms with Crippen molar-refractivity contribution in [3.8, 4) is 44.5 Å². The highest BCUT2D eigenvalue weighted by atomic mass is 14.5. The molecule has 0 radical (unpaired) electrons. The van der Waals surface area contributed by atoms with Crippen LogP contribution in [-0.4, -0.2) is 0 Å². The first-order valence-electron chi connectivity index (χ1n) is 24.8. The minimum atomic E-state index is -0.517. The van der Waals surface area contributed by atoms with E-state index in [0.717, 1.165) is 0 Å². The second kappa shape index (κ2) is 13.2. The summed E-state index contributed by atoms with van der Waals surface area (Å²) in [5.41, 5.74) is 18.2. The van der Waals surface area contributed by atoms with Crippen molar-refractivity contribution in [3.63, 3.8) is 0 Å². The summed E-state index contributed by atoms with van der Waals surface area (Å²) >= 11 is 0. The van der Waals surface area contributed by atoms with E-state index in [2.05, 4.69) is 236 Å². The van der Waals surface area contributed by atoms with Crippen LogP contribution in [0.5, 0.6) is 0 Å². The summed E-state index contributed by atoms with van der Waals surface area (Å²) in [4.78, 5) is 0. The predicted molar refractivity (Wildman–Crippen MR) is 296 cm³/mol. The molecule has 2 aliphatic rings. The summed E-state index contributed by atoms with van der Waals surface area (Å²) in [5, 5.41) is 18.6. The highest BCUT2D eigenvalue weighted by Gasteiger charge is 2.52. The molecule has 0 aromatic heterocycles. The van der Waals surface area contributed by atoms with Gasteiger partial charge >= 0.3 is 0 Å². The lowest BCUT2D eigenvalue weighted by atomic mass is 9.69. The molecule has 0 fully saturated rings. The van der Waals surface area contributed by atoms with E-state index in [1.54, 1.807) is 0 Å². The fourth-order valence-electron chi connectivity index (χ4n) is 13.6. The average molecular weight is 879 g/mol. The molecule has 0 nitrogen and oxygen atoms in total. The molecule has 0 heteroatoms. The summed E-state index contributed by atoms with van der Waals surface area (Å²) in [6.45, 7) is 13.9. The first-order valence-corrected chi connectivity index (χ1v) is 24.8. The van der Waals surface area contributed by atoms with Gasteiger partial charge in [0.1, 0.15) is 0 Å². The zero-order valence-electron chi connectivity index (χ0n) is 40.0. The van der Waals surface area contributed by atoms with E-state index in [4.69, 9.17) is 0 Å². The Kier molecular flexibility index (Phi) is 7.53. The molecule has 0 heterocycles. The highest BCUT2D eigenvalue weighted by Crippen LogP contribution is 2.65. The molecule has 1 spiro atoms. The van der Waals surface area contributed by atoms with Crippen molar-refractivity contribution >= 4 is 75.4 Å². The van der Waals surface area contributed by atoms with Crippen molar-refractivity contribution in [2.45, 2.75) is 57.8 Å². The van der Waals surface area contributed by atoms with Crippen molar-refractivity contribution in [1.82, 2.24) is 0 Å². The SMILES string of the molecule is CC(C)(C)c1cc2ccc3cc(-c4cccc5c6c(ccc45)-c4ccc(-c5ccc7ccc8c(C(C)(C)C)ccc9ccc5c7c98)cc4C64c5ccccc5-c5ccccc54)cc4ccc(c1)c2c34. The van der Waals surface area contributed by atoms with Crippen LogP contribution in [0.15, 0.2) is 194 Å². The topological polar surface area (TPSA) is 0 Å². The van der Waals surface area contributed by atoms with Crippen molar-refractivity contribution in [2.75, 3.05) is 0 Å². The summed E-state index contributed by atoms with van der Waals surface area (Å²) in [6.07, 6.45) is 0. The van der Waals surface area contributed by atoms with Gasteiger partial charge in [-0.2, -0.15) is 0 Å². The molecule has 0 aliphatic heterocycles. The lowest BCUT2D eigenvalue weighted by Gasteiger charge is -2.32. The number of rotatable bonds is 2. The van der Waals surface area contributed by atoms with Crippen LogP contribution < -0.4 is 0 Å². The van der Waals surface area contributed by atoms with Crippen LogP contribution in [-0.2, 0) is 16.2 Å². The van der Waals surface area contributed by atoms with Crippen LogP contribution >= 0.6 is 0 Å². The van der Waals surface area contributed by atoms with Gasteiger partial charge in [-0.05, 0) is 182 Å². The van der Waals surface area contributed by atoms with Gasteiger partial charge in [0.25, 0.3) is 0 Å². The summed E-state index contributed by atoms with van der Waals surface area (Å²) < 4.78 is 0. The van der Waals surface area contributed by atoms with Gasteiger partial charge in [-0.3, -0.25) is 0 Å².